The SMILES string of the molecule is C=CC(=O)N1CCN(c2nc(OC[C@@H]3CCCN3CCc3nn[nH]n3)nc3c2CCN(c2cccc4cccc(C(=C)I)c24)C3)C[C@@H]1CC#N. The second-order valence-corrected chi connectivity index (χ2v) is 14.2. The van der Waals surface area contributed by atoms with Crippen molar-refractivity contribution >= 4 is 54.4 Å². The largest absolute Gasteiger partial charge is 0.462 e. The van der Waals surface area contributed by atoms with Crippen molar-refractivity contribution in [3.63, 3.8) is 0 Å². The summed E-state index contributed by atoms with van der Waals surface area (Å²) in [6, 6.07) is 15.4. The number of anilines is 2. The Kier molecular flexibility index (Phi) is 10.2. The van der Waals surface area contributed by atoms with Gasteiger partial charge in [0, 0.05) is 65.4 Å². The molecular formula is C36H40IN11O2. The third-order valence-electron chi connectivity index (χ3n) is 10.0. The molecule has 0 aliphatic carbocycles. The number of ether oxygens (including phenoxy) is 1. The lowest BCUT2D eigenvalue weighted by atomic mass is 9.99. The molecule has 0 bridgehead atoms. The zero-order valence-electron chi connectivity index (χ0n) is 28.0. The molecule has 0 unspecified atom stereocenters. The minimum Gasteiger partial charge on any atom is -0.462 e. The Balaban J connectivity index is 1.19. The van der Waals surface area contributed by atoms with Crippen molar-refractivity contribution < 1.29 is 9.53 Å². The van der Waals surface area contributed by atoms with Gasteiger partial charge in [0.05, 0.1) is 30.8 Å². The maximum atomic E-state index is 12.7. The third kappa shape index (κ3) is 7.02. The molecule has 13 nitrogen and oxygen atoms in total. The zero-order chi connectivity index (χ0) is 34.6. The molecule has 4 aromatic rings. The highest BCUT2D eigenvalue weighted by Crippen LogP contribution is 2.38. The summed E-state index contributed by atoms with van der Waals surface area (Å²) in [4.78, 5) is 31.6. The van der Waals surface area contributed by atoms with Gasteiger partial charge in [-0.05, 0) is 71.5 Å². The van der Waals surface area contributed by atoms with Gasteiger partial charge in [-0.3, -0.25) is 9.69 Å². The molecule has 14 heteroatoms. The first kappa shape index (κ1) is 33.9. The predicted molar refractivity (Wildman–Crippen MR) is 200 cm³/mol. The van der Waals surface area contributed by atoms with Gasteiger partial charge in [0.25, 0.3) is 0 Å². The number of aromatic amines is 1. The van der Waals surface area contributed by atoms with Crippen molar-refractivity contribution in [2.45, 2.75) is 50.7 Å². The zero-order valence-corrected chi connectivity index (χ0v) is 30.1. The Morgan fingerprint density at radius 2 is 1.98 bits per heavy atom. The lowest BCUT2D eigenvalue weighted by Crippen LogP contribution is -2.55. The van der Waals surface area contributed by atoms with Crippen molar-refractivity contribution in [3.05, 3.63) is 78.3 Å². The molecule has 0 spiro atoms. The first-order chi connectivity index (χ1) is 24.4. The van der Waals surface area contributed by atoms with E-state index in [1.165, 1.54) is 16.8 Å². The fraction of sp³-hybridized carbons (Fsp3) is 0.417. The van der Waals surface area contributed by atoms with Crippen molar-refractivity contribution in [1.82, 2.24) is 40.4 Å². The maximum Gasteiger partial charge on any atom is 0.318 e. The number of fused-ring (bicyclic) bond motifs is 2. The van der Waals surface area contributed by atoms with Crippen LogP contribution in [0, 0.1) is 11.3 Å². The van der Waals surface area contributed by atoms with Gasteiger partial charge in [-0.15, -0.1) is 10.2 Å². The van der Waals surface area contributed by atoms with Crippen LogP contribution in [0.5, 0.6) is 6.01 Å². The van der Waals surface area contributed by atoms with Gasteiger partial charge < -0.3 is 19.4 Å². The van der Waals surface area contributed by atoms with Crippen LogP contribution in [-0.4, -0.2) is 104 Å². The number of H-pyrrole nitrogens is 1. The van der Waals surface area contributed by atoms with Crippen molar-refractivity contribution in [3.8, 4) is 12.1 Å². The van der Waals surface area contributed by atoms with Gasteiger partial charge >= 0.3 is 6.01 Å². The molecule has 2 fully saturated rings. The van der Waals surface area contributed by atoms with E-state index in [0.29, 0.717) is 51.0 Å². The number of piperazine rings is 1. The third-order valence-corrected chi connectivity index (χ3v) is 10.6. The molecule has 7 rings (SSSR count). The molecule has 50 heavy (non-hydrogen) atoms. The van der Waals surface area contributed by atoms with Gasteiger partial charge in [0.15, 0.2) is 5.82 Å². The second-order valence-electron chi connectivity index (χ2n) is 12.9. The number of nitriles is 1. The molecule has 0 saturated carbocycles. The molecule has 3 aliphatic rings. The van der Waals surface area contributed by atoms with Gasteiger partial charge in [-0.2, -0.15) is 20.4 Å². The first-order valence-electron chi connectivity index (χ1n) is 17.1. The molecular weight excluding hydrogens is 745 g/mol. The summed E-state index contributed by atoms with van der Waals surface area (Å²) in [5, 5.41) is 26.4. The van der Waals surface area contributed by atoms with E-state index in [4.69, 9.17) is 14.7 Å². The number of benzene rings is 2. The molecule has 1 N–H and O–H groups in total. The summed E-state index contributed by atoms with van der Waals surface area (Å²) in [5.74, 6) is 1.38. The monoisotopic (exact) mass is 785 g/mol. The van der Waals surface area contributed by atoms with Crippen LogP contribution in [0.3, 0.4) is 0 Å². The average molecular weight is 786 g/mol. The predicted octanol–water partition coefficient (Wildman–Crippen LogP) is 4.31. The highest BCUT2D eigenvalue weighted by molar-refractivity contribution is 14.1. The number of tetrazole rings is 1. The van der Waals surface area contributed by atoms with Crippen LogP contribution in [-0.2, 0) is 24.2 Å². The fourth-order valence-corrected chi connectivity index (χ4v) is 8.00. The first-order valence-corrected chi connectivity index (χ1v) is 18.2. The van der Waals surface area contributed by atoms with Gasteiger partial charge in [0.2, 0.25) is 5.91 Å². The number of likely N-dealkylation sites (tertiary alicyclic amines) is 1. The van der Waals surface area contributed by atoms with Crippen molar-refractivity contribution in [2.24, 2.45) is 0 Å². The number of rotatable bonds is 11. The van der Waals surface area contributed by atoms with Crippen LogP contribution in [0.25, 0.3) is 14.4 Å². The Labute approximate surface area is 305 Å². The number of carbonyl (C=O) groups excluding carboxylic acids is 1. The van der Waals surface area contributed by atoms with Gasteiger partial charge in [0.1, 0.15) is 12.4 Å². The molecule has 5 heterocycles. The summed E-state index contributed by atoms with van der Waals surface area (Å²) >= 11 is 2.31. The van der Waals surface area contributed by atoms with Crippen LogP contribution in [0.1, 0.15) is 41.9 Å². The van der Waals surface area contributed by atoms with Gasteiger partial charge in [-0.1, -0.05) is 48.7 Å². The van der Waals surface area contributed by atoms with E-state index in [9.17, 15) is 10.1 Å². The molecule has 3 aliphatic heterocycles. The maximum absolute atomic E-state index is 12.7. The standard InChI is InChI=1S/C36H40IN11O2/c1-3-33(49)48-20-19-47(21-26(48)12-15-38)35-29-13-17-46(31-11-5-8-25-7-4-10-28(24(2)37)34(25)31)22-30(29)39-36(40-35)50-23-27-9-6-16-45(27)18-14-32-41-43-44-42-32/h3-5,7-8,10-11,26-27H,1-2,6,9,12-14,16-23H2,(H,41,42,43,44)/t26-,27-/m0/s1. The van der Waals surface area contributed by atoms with E-state index < -0.39 is 0 Å². The Morgan fingerprint density at radius 3 is 2.76 bits per heavy atom. The molecule has 2 atom stereocenters. The normalized spacial score (nSPS) is 19.3. The molecule has 1 amide bonds. The van der Waals surface area contributed by atoms with E-state index in [1.54, 1.807) is 4.90 Å². The molecule has 0 radical (unpaired) electrons. The minimum absolute atomic E-state index is 0.154. The average Bonchev–Trinajstić information content (AvgIpc) is 3.84. The number of amides is 1. The molecule has 258 valence electrons. The Hall–Kier alpha value is -4.62. The summed E-state index contributed by atoms with van der Waals surface area (Å²) in [6.07, 6.45) is 5.14. The summed E-state index contributed by atoms with van der Waals surface area (Å²) in [6.45, 7) is 13.2. The van der Waals surface area contributed by atoms with Crippen molar-refractivity contribution in [2.75, 3.05) is 55.7 Å². The van der Waals surface area contributed by atoms with E-state index in [0.717, 1.165) is 70.8 Å². The van der Waals surface area contributed by atoms with Crippen LogP contribution in [0.4, 0.5) is 11.5 Å². The second kappa shape index (κ2) is 15.1. The molecule has 2 aromatic carbocycles. The minimum atomic E-state index is -0.268. The highest BCUT2D eigenvalue weighted by atomic mass is 127. The fourth-order valence-electron chi connectivity index (χ4n) is 7.55. The summed E-state index contributed by atoms with van der Waals surface area (Å²) in [7, 11) is 0. The van der Waals surface area contributed by atoms with Crippen LogP contribution < -0.4 is 14.5 Å². The van der Waals surface area contributed by atoms with Crippen LogP contribution in [0.15, 0.2) is 55.6 Å². The Bertz CT molecular complexity index is 1920. The van der Waals surface area contributed by atoms with Crippen molar-refractivity contribution in [1.29, 1.82) is 5.26 Å². The van der Waals surface area contributed by atoms with E-state index in [-0.39, 0.29) is 24.4 Å². The number of nitrogens with one attached hydrogen (secondary N) is 1. The topological polar surface area (TPSA) is 143 Å². The number of aromatic nitrogens is 6. The number of hydrogen-bond acceptors (Lipinski definition) is 11. The molecule has 2 saturated heterocycles. The van der Waals surface area contributed by atoms with Crippen LogP contribution >= 0.6 is 22.6 Å². The van der Waals surface area contributed by atoms with Gasteiger partial charge in [-0.25, -0.2) is 0 Å². The number of carbonyl (C=O) groups is 1. The van der Waals surface area contributed by atoms with Crippen LogP contribution in [0.2, 0.25) is 0 Å². The number of nitrogens with zero attached hydrogens (tertiary/aromatic N) is 10. The van der Waals surface area contributed by atoms with E-state index in [2.05, 4.69) is 114 Å². The van der Waals surface area contributed by atoms with E-state index >= 15 is 0 Å². The lowest BCUT2D eigenvalue weighted by molar-refractivity contribution is -0.128. The summed E-state index contributed by atoms with van der Waals surface area (Å²) < 4.78 is 7.46. The quantitative estimate of drug-likeness (QED) is 0.172. The smallest absolute Gasteiger partial charge is 0.318 e. The van der Waals surface area contributed by atoms with E-state index in [1.807, 2.05) is 0 Å². The Morgan fingerprint density at radius 1 is 1.12 bits per heavy atom. The highest BCUT2D eigenvalue weighted by Gasteiger charge is 2.34. The number of hydrogen-bond donors (Lipinski definition) is 1. The summed E-state index contributed by atoms with van der Waals surface area (Å²) in [5.41, 5.74) is 4.31. The lowest BCUT2D eigenvalue weighted by Gasteiger charge is -2.42. The molecule has 2 aromatic heterocycles. The number of halogens is 1.